The number of rotatable bonds is 8. The average Bonchev–Trinajstić information content (AvgIpc) is 2.76. The molecule has 10 nitrogen and oxygen atoms in total. The molecule has 0 radical (unpaired) electrons. The third-order valence-corrected chi connectivity index (χ3v) is 5.49. The van der Waals surface area contributed by atoms with Crippen LogP contribution in [0.15, 0.2) is 41.3 Å². The third-order valence-electron chi connectivity index (χ3n) is 3.81. The Bertz CT molecular complexity index is 1080. The molecule has 0 aliphatic heterocycles. The highest BCUT2D eigenvalue weighted by Crippen LogP contribution is 2.29. The Morgan fingerprint density at radius 1 is 0.903 bits per heavy atom. The van der Waals surface area contributed by atoms with Crippen molar-refractivity contribution < 1.29 is 41.7 Å². The van der Waals surface area contributed by atoms with Crippen LogP contribution >= 0.6 is 11.6 Å². The summed E-state index contributed by atoms with van der Waals surface area (Å²) >= 11 is 6.04. The van der Waals surface area contributed by atoms with E-state index < -0.39 is 34.5 Å². The van der Waals surface area contributed by atoms with Crippen molar-refractivity contribution in [1.82, 2.24) is 0 Å². The number of ether oxygens (including phenoxy) is 4. The van der Waals surface area contributed by atoms with Crippen LogP contribution in [-0.4, -0.2) is 54.3 Å². The molecule has 0 aliphatic rings. The van der Waals surface area contributed by atoms with E-state index in [0.717, 1.165) is 20.3 Å². The second-order valence-electron chi connectivity index (χ2n) is 5.84. The summed E-state index contributed by atoms with van der Waals surface area (Å²) in [5.74, 6) is -2.12. The Morgan fingerprint density at radius 3 is 1.97 bits per heavy atom. The van der Waals surface area contributed by atoms with E-state index in [-0.39, 0.29) is 32.5 Å². The zero-order valence-corrected chi connectivity index (χ0v) is 18.2. The monoisotopic (exact) mass is 471 g/mol. The van der Waals surface area contributed by atoms with Gasteiger partial charge in [0.05, 0.1) is 48.1 Å². The minimum Gasteiger partial charge on any atom is -0.480 e. The largest absolute Gasteiger partial charge is 0.480 e. The Balaban J connectivity index is 2.35. The molecule has 2 aromatic carbocycles. The number of hydrogen-bond donors (Lipinski definition) is 1. The van der Waals surface area contributed by atoms with Crippen LogP contribution in [0.1, 0.15) is 20.7 Å². The van der Waals surface area contributed by atoms with Crippen molar-refractivity contribution in [1.29, 1.82) is 0 Å². The van der Waals surface area contributed by atoms with Crippen LogP contribution in [0.5, 0.6) is 5.75 Å². The summed E-state index contributed by atoms with van der Waals surface area (Å²) in [5, 5.41) is -0.0645. The average molecular weight is 472 g/mol. The lowest BCUT2D eigenvalue weighted by Gasteiger charge is -2.12. The Morgan fingerprint density at radius 2 is 1.48 bits per heavy atom. The number of anilines is 1. The zero-order valence-electron chi connectivity index (χ0n) is 16.6. The van der Waals surface area contributed by atoms with E-state index in [4.69, 9.17) is 16.3 Å². The first-order valence-corrected chi connectivity index (χ1v) is 10.3. The van der Waals surface area contributed by atoms with Gasteiger partial charge in [-0.1, -0.05) is 11.6 Å². The maximum absolute atomic E-state index is 12.8. The van der Waals surface area contributed by atoms with Crippen LogP contribution in [0.3, 0.4) is 0 Å². The summed E-state index contributed by atoms with van der Waals surface area (Å²) in [6.45, 7) is -0.406. The molecular formula is C19H18ClNO9S. The summed E-state index contributed by atoms with van der Waals surface area (Å²) in [5.41, 5.74) is -0.203. The Kier molecular flexibility index (Phi) is 7.83. The quantitative estimate of drug-likeness (QED) is 0.454. The van der Waals surface area contributed by atoms with Crippen molar-refractivity contribution in [3.8, 4) is 5.75 Å². The first kappa shape index (κ1) is 24.0. The molecule has 0 atom stereocenters. The molecule has 0 fully saturated rings. The molecule has 0 heterocycles. The lowest BCUT2D eigenvalue weighted by molar-refractivity contribution is -0.142. The van der Waals surface area contributed by atoms with Crippen molar-refractivity contribution in [2.75, 3.05) is 32.7 Å². The molecule has 0 bridgehead atoms. The number of carbonyl (C=O) groups excluding carboxylic acids is 3. The van der Waals surface area contributed by atoms with Gasteiger partial charge in [0, 0.05) is 0 Å². The fourth-order valence-electron chi connectivity index (χ4n) is 2.33. The molecule has 1 N–H and O–H groups in total. The molecule has 31 heavy (non-hydrogen) atoms. The molecule has 0 saturated heterocycles. The molecular weight excluding hydrogens is 454 g/mol. The van der Waals surface area contributed by atoms with Gasteiger partial charge in [-0.3, -0.25) is 4.72 Å². The topological polar surface area (TPSA) is 134 Å². The molecule has 0 aliphatic carbocycles. The first-order valence-electron chi connectivity index (χ1n) is 8.45. The van der Waals surface area contributed by atoms with E-state index >= 15 is 0 Å². The normalized spacial score (nSPS) is 10.7. The maximum Gasteiger partial charge on any atom is 0.343 e. The van der Waals surface area contributed by atoms with Crippen molar-refractivity contribution in [2.45, 2.75) is 4.90 Å². The second-order valence-corrected chi connectivity index (χ2v) is 7.93. The zero-order chi connectivity index (χ0) is 23.2. The molecule has 166 valence electrons. The molecule has 0 aromatic heterocycles. The highest BCUT2D eigenvalue weighted by Gasteiger charge is 2.20. The van der Waals surface area contributed by atoms with Gasteiger partial charge in [-0.15, -0.1) is 0 Å². The highest BCUT2D eigenvalue weighted by atomic mass is 35.5. The minimum atomic E-state index is -4.17. The van der Waals surface area contributed by atoms with Crippen molar-refractivity contribution in [3.63, 3.8) is 0 Å². The SMILES string of the molecule is COC(=O)COc1ccc(S(=O)(=O)Nc2cc(C(=O)OC)cc(C(=O)OC)c2)cc1Cl. The smallest absolute Gasteiger partial charge is 0.343 e. The Labute approximate surface area is 183 Å². The van der Waals surface area contributed by atoms with Gasteiger partial charge in [-0.05, 0) is 36.4 Å². The molecule has 0 spiro atoms. The van der Waals surface area contributed by atoms with E-state index in [9.17, 15) is 22.8 Å². The first-order chi connectivity index (χ1) is 14.6. The maximum atomic E-state index is 12.8. The van der Waals surface area contributed by atoms with Crippen molar-refractivity contribution >= 4 is 45.2 Å². The predicted molar refractivity (Wildman–Crippen MR) is 109 cm³/mol. The van der Waals surface area contributed by atoms with E-state index in [1.807, 2.05) is 0 Å². The van der Waals surface area contributed by atoms with Gasteiger partial charge in [0.25, 0.3) is 10.0 Å². The number of benzene rings is 2. The lowest BCUT2D eigenvalue weighted by atomic mass is 10.1. The number of methoxy groups -OCH3 is 3. The van der Waals surface area contributed by atoms with Gasteiger partial charge >= 0.3 is 17.9 Å². The van der Waals surface area contributed by atoms with E-state index in [1.165, 1.54) is 37.4 Å². The van der Waals surface area contributed by atoms with Crippen molar-refractivity contribution in [2.24, 2.45) is 0 Å². The summed E-state index contributed by atoms with van der Waals surface area (Å²) in [6.07, 6.45) is 0. The van der Waals surface area contributed by atoms with E-state index in [1.54, 1.807) is 0 Å². The minimum absolute atomic E-state index is 0.0623. The van der Waals surface area contributed by atoms with E-state index in [0.29, 0.717) is 0 Å². The van der Waals surface area contributed by atoms with E-state index in [2.05, 4.69) is 18.9 Å². The fraction of sp³-hybridized carbons (Fsp3) is 0.211. The number of nitrogens with one attached hydrogen (secondary N) is 1. The van der Waals surface area contributed by atoms with Crippen LogP contribution in [-0.2, 0) is 29.0 Å². The third kappa shape index (κ3) is 6.09. The number of esters is 3. The number of carbonyl (C=O) groups is 3. The molecule has 12 heteroatoms. The summed E-state index contributed by atoms with van der Waals surface area (Å²) in [6, 6.07) is 7.19. The summed E-state index contributed by atoms with van der Waals surface area (Å²) < 4.78 is 46.6. The van der Waals surface area contributed by atoms with Crippen LogP contribution in [0.4, 0.5) is 5.69 Å². The van der Waals surface area contributed by atoms with Crippen LogP contribution in [0, 0.1) is 0 Å². The van der Waals surface area contributed by atoms with Gasteiger partial charge in [0.2, 0.25) is 0 Å². The molecule has 2 aromatic rings. The standard InChI is InChI=1S/C19H18ClNO9S/c1-27-17(22)10-30-16-5-4-14(9-15(16)20)31(25,26)21-13-7-11(18(23)28-2)6-12(8-13)19(24)29-3/h4-9,21H,10H2,1-3H3. The van der Waals surface area contributed by atoms with Crippen molar-refractivity contribution in [3.05, 3.63) is 52.5 Å². The van der Waals surface area contributed by atoms with Gasteiger partial charge in [0.1, 0.15) is 5.75 Å². The molecule has 0 amide bonds. The number of halogens is 1. The van der Waals surface area contributed by atoms with Gasteiger partial charge in [-0.25, -0.2) is 22.8 Å². The van der Waals surface area contributed by atoms with Gasteiger partial charge in [0.15, 0.2) is 6.61 Å². The highest BCUT2D eigenvalue weighted by molar-refractivity contribution is 7.92. The van der Waals surface area contributed by atoms with Gasteiger partial charge < -0.3 is 18.9 Å². The van der Waals surface area contributed by atoms with Crippen LogP contribution in [0.25, 0.3) is 0 Å². The Hall–Kier alpha value is -3.31. The predicted octanol–water partition coefficient (Wildman–Crippen LogP) is 2.27. The fourth-order valence-corrected chi connectivity index (χ4v) is 3.70. The van der Waals surface area contributed by atoms with Crippen LogP contribution in [0.2, 0.25) is 5.02 Å². The molecule has 2 rings (SSSR count). The lowest BCUT2D eigenvalue weighted by Crippen LogP contribution is -2.15. The summed E-state index contributed by atoms with van der Waals surface area (Å²) in [4.78, 5) is 34.7. The molecule has 0 saturated carbocycles. The second kappa shape index (κ2) is 10.1. The summed E-state index contributed by atoms with van der Waals surface area (Å²) in [7, 11) is -0.699. The number of sulfonamides is 1. The molecule has 0 unspecified atom stereocenters. The van der Waals surface area contributed by atoms with Crippen LogP contribution < -0.4 is 9.46 Å². The van der Waals surface area contributed by atoms with Gasteiger partial charge in [-0.2, -0.15) is 0 Å². The number of hydrogen-bond acceptors (Lipinski definition) is 9.